The fourth-order valence-corrected chi connectivity index (χ4v) is 4.09. The van der Waals surface area contributed by atoms with E-state index in [1.54, 1.807) is 6.07 Å². The van der Waals surface area contributed by atoms with E-state index in [0.717, 1.165) is 46.2 Å². The van der Waals surface area contributed by atoms with Gasteiger partial charge in [-0.3, -0.25) is 0 Å². The van der Waals surface area contributed by atoms with Crippen LogP contribution in [0.5, 0.6) is 0 Å². The van der Waals surface area contributed by atoms with E-state index in [1.165, 1.54) is 0 Å². The molecule has 2 heterocycles. The van der Waals surface area contributed by atoms with Gasteiger partial charge in [-0.15, -0.1) is 0 Å². The molecule has 0 unspecified atom stereocenters. The fourth-order valence-electron chi connectivity index (χ4n) is 3.59. The highest BCUT2D eigenvalue weighted by Crippen LogP contribution is 2.28. The van der Waals surface area contributed by atoms with Gasteiger partial charge in [-0.2, -0.15) is 5.10 Å². The summed E-state index contributed by atoms with van der Waals surface area (Å²) in [7, 11) is 0. The number of aryl methyl sites for hydroxylation is 2. The summed E-state index contributed by atoms with van der Waals surface area (Å²) in [5.74, 6) is 0.722. The van der Waals surface area contributed by atoms with E-state index >= 15 is 0 Å². The second kappa shape index (κ2) is 7.93. The first-order chi connectivity index (χ1) is 14.0. The summed E-state index contributed by atoms with van der Waals surface area (Å²) >= 11 is 12.5. The molecule has 0 amide bonds. The van der Waals surface area contributed by atoms with Crippen molar-refractivity contribution in [2.24, 2.45) is 5.10 Å². The van der Waals surface area contributed by atoms with Crippen molar-refractivity contribution in [3.05, 3.63) is 75.5 Å². The van der Waals surface area contributed by atoms with Crippen molar-refractivity contribution in [2.45, 2.75) is 27.3 Å². The molecule has 0 aliphatic carbocycles. The molecule has 148 valence electrons. The first-order valence-electron chi connectivity index (χ1n) is 9.38. The number of anilines is 1. The predicted molar refractivity (Wildman–Crippen MR) is 122 cm³/mol. The molecule has 0 aliphatic heterocycles. The summed E-state index contributed by atoms with van der Waals surface area (Å²) in [4.78, 5) is 4.63. The van der Waals surface area contributed by atoms with E-state index < -0.39 is 0 Å². The maximum atomic E-state index is 6.41. The van der Waals surface area contributed by atoms with Gasteiger partial charge in [0.05, 0.1) is 28.0 Å². The van der Waals surface area contributed by atoms with E-state index in [4.69, 9.17) is 23.2 Å². The van der Waals surface area contributed by atoms with E-state index in [-0.39, 0.29) is 0 Å². The third-order valence-electron chi connectivity index (χ3n) is 4.96. The average molecular weight is 426 g/mol. The Morgan fingerprint density at radius 1 is 1.10 bits per heavy atom. The molecule has 2 aromatic heterocycles. The van der Waals surface area contributed by atoms with Crippen molar-refractivity contribution in [2.75, 3.05) is 5.43 Å². The minimum atomic E-state index is 0.609. The number of benzene rings is 2. The van der Waals surface area contributed by atoms with Crippen LogP contribution in [0.4, 0.5) is 5.95 Å². The summed E-state index contributed by atoms with van der Waals surface area (Å²) in [6.45, 7) is 6.98. The van der Waals surface area contributed by atoms with Gasteiger partial charge in [0.2, 0.25) is 5.95 Å². The van der Waals surface area contributed by atoms with Gasteiger partial charge in [-0.1, -0.05) is 35.3 Å². The lowest BCUT2D eigenvalue weighted by Gasteiger charge is -2.11. The van der Waals surface area contributed by atoms with Gasteiger partial charge in [0.25, 0.3) is 0 Å². The highest BCUT2D eigenvalue weighted by molar-refractivity contribution is 6.35. The van der Waals surface area contributed by atoms with E-state index in [1.807, 2.05) is 50.4 Å². The Kier molecular flexibility index (Phi) is 5.35. The van der Waals surface area contributed by atoms with E-state index in [9.17, 15) is 0 Å². The summed E-state index contributed by atoms with van der Waals surface area (Å²) in [6, 6.07) is 15.7. The number of rotatable bonds is 5. The Morgan fingerprint density at radius 3 is 2.66 bits per heavy atom. The number of hydrogen-bond acceptors (Lipinski definition) is 3. The molecule has 0 radical (unpaired) electrons. The monoisotopic (exact) mass is 425 g/mol. The van der Waals surface area contributed by atoms with Crippen LogP contribution in [0.25, 0.3) is 16.7 Å². The zero-order valence-corrected chi connectivity index (χ0v) is 18.0. The molecule has 29 heavy (non-hydrogen) atoms. The number of hydrogen-bond donors (Lipinski definition) is 1. The van der Waals surface area contributed by atoms with Crippen molar-refractivity contribution in [1.29, 1.82) is 0 Å². The molecular weight excluding hydrogens is 405 g/mol. The quantitative estimate of drug-likeness (QED) is 0.304. The van der Waals surface area contributed by atoms with Crippen LogP contribution in [0.15, 0.2) is 53.6 Å². The Labute approximate surface area is 179 Å². The Balaban J connectivity index is 1.63. The molecule has 0 spiro atoms. The summed E-state index contributed by atoms with van der Waals surface area (Å²) in [6.07, 6.45) is 1.81. The lowest BCUT2D eigenvalue weighted by Crippen LogP contribution is -2.02. The van der Waals surface area contributed by atoms with Crippen molar-refractivity contribution in [1.82, 2.24) is 14.1 Å². The Bertz CT molecular complexity index is 1220. The summed E-state index contributed by atoms with van der Waals surface area (Å²) in [5.41, 5.74) is 9.12. The van der Waals surface area contributed by atoms with Crippen molar-refractivity contribution in [3.8, 4) is 5.69 Å². The zero-order chi connectivity index (χ0) is 20.5. The van der Waals surface area contributed by atoms with Gasteiger partial charge in [0, 0.05) is 28.5 Å². The smallest absolute Gasteiger partial charge is 0.224 e. The molecule has 0 saturated heterocycles. The maximum Gasteiger partial charge on any atom is 0.224 e. The van der Waals surface area contributed by atoms with Gasteiger partial charge in [-0.05, 0) is 57.2 Å². The molecule has 5 nitrogen and oxygen atoms in total. The minimum Gasteiger partial charge on any atom is -0.316 e. The number of imidazole rings is 1. The number of nitrogens with one attached hydrogen (secondary N) is 1. The average Bonchev–Trinajstić information content (AvgIpc) is 3.19. The minimum absolute atomic E-state index is 0.609. The van der Waals surface area contributed by atoms with E-state index in [0.29, 0.717) is 10.0 Å². The largest absolute Gasteiger partial charge is 0.316 e. The van der Waals surface area contributed by atoms with Crippen LogP contribution in [-0.4, -0.2) is 20.3 Å². The van der Waals surface area contributed by atoms with Crippen LogP contribution in [0.2, 0.25) is 10.0 Å². The number of nitrogens with zero attached hydrogens (tertiary/aromatic N) is 4. The van der Waals surface area contributed by atoms with Gasteiger partial charge in [0.1, 0.15) is 0 Å². The number of hydrazone groups is 1. The van der Waals surface area contributed by atoms with Gasteiger partial charge in [0.15, 0.2) is 0 Å². The molecule has 7 heteroatoms. The first kappa shape index (κ1) is 19.6. The number of aromatic nitrogens is 3. The predicted octanol–water partition coefficient (Wildman–Crippen LogP) is 6.22. The molecule has 0 bridgehead atoms. The standard InChI is InChI=1S/C22H21Cl2N5/c1-4-28-21-8-6-5-7-19(21)26-22(28)27-25-13-16-11-14(2)29(15(16)3)20-10-9-17(23)12-18(20)24/h5-13H,4H2,1-3H3,(H,26,27)/b25-13-. The van der Waals surface area contributed by atoms with Crippen LogP contribution in [0, 0.1) is 13.8 Å². The molecule has 1 N–H and O–H groups in total. The van der Waals surface area contributed by atoms with Crippen molar-refractivity contribution >= 4 is 46.4 Å². The third kappa shape index (κ3) is 3.63. The van der Waals surface area contributed by atoms with E-state index in [2.05, 4.69) is 43.7 Å². The normalized spacial score (nSPS) is 11.6. The maximum absolute atomic E-state index is 6.41. The Hall–Kier alpha value is -2.76. The molecule has 2 aromatic carbocycles. The number of fused-ring (bicyclic) bond motifs is 1. The van der Waals surface area contributed by atoms with Crippen LogP contribution in [0.3, 0.4) is 0 Å². The number of para-hydroxylation sites is 2. The highest BCUT2D eigenvalue weighted by Gasteiger charge is 2.13. The SMILES string of the molecule is CCn1c(N/N=C\c2cc(C)n(-c3ccc(Cl)cc3Cl)c2C)nc2ccccc21. The molecule has 0 fully saturated rings. The topological polar surface area (TPSA) is 47.1 Å². The summed E-state index contributed by atoms with van der Waals surface area (Å²) < 4.78 is 4.20. The lowest BCUT2D eigenvalue weighted by atomic mass is 10.2. The third-order valence-corrected chi connectivity index (χ3v) is 5.50. The van der Waals surface area contributed by atoms with Crippen molar-refractivity contribution < 1.29 is 0 Å². The second-order valence-electron chi connectivity index (χ2n) is 6.80. The Morgan fingerprint density at radius 2 is 1.90 bits per heavy atom. The van der Waals surface area contributed by atoms with Crippen LogP contribution in [-0.2, 0) is 6.54 Å². The molecule has 0 aliphatic rings. The summed E-state index contributed by atoms with van der Waals surface area (Å²) in [5, 5.41) is 5.66. The molecular formula is C22H21Cl2N5. The molecule has 4 aromatic rings. The lowest BCUT2D eigenvalue weighted by molar-refractivity contribution is 0.791. The fraction of sp³-hybridized carbons (Fsp3) is 0.182. The molecule has 0 saturated carbocycles. The van der Waals surface area contributed by atoms with Gasteiger partial charge in [-0.25, -0.2) is 10.4 Å². The van der Waals surface area contributed by atoms with Crippen LogP contribution >= 0.6 is 23.2 Å². The van der Waals surface area contributed by atoms with Gasteiger partial charge < -0.3 is 9.13 Å². The van der Waals surface area contributed by atoms with Gasteiger partial charge >= 0.3 is 0 Å². The zero-order valence-electron chi connectivity index (χ0n) is 16.4. The second-order valence-corrected chi connectivity index (χ2v) is 7.64. The molecule has 0 atom stereocenters. The van der Waals surface area contributed by atoms with Crippen LogP contribution in [0.1, 0.15) is 23.9 Å². The van der Waals surface area contributed by atoms with Crippen LogP contribution < -0.4 is 5.43 Å². The van der Waals surface area contributed by atoms with Crippen molar-refractivity contribution in [3.63, 3.8) is 0 Å². The highest BCUT2D eigenvalue weighted by atomic mass is 35.5. The molecule has 4 rings (SSSR count). The first-order valence-corrected chi connectivity index (χ1v) is 10.1. The number of halogens is 2.